The minimum atomic E-state index is -0.340. The van der Waals surface area contributed by atoms with Gasteiger partial charge in [0.25, 0.3) is 0 Å². The van der Waals surface area contributed by atoms with Gasteiger partial charge in [0, 0.05) is 50.9 Å². The topological polar surface area (TPSA) is 72.7 Å². The summed E-state index contributed by atoms with van der Waals surface area (Å²) >= 11 is 0. The third-order valence-electron chi connectivity index (χ3n) is 5.63. The fraction of sp³-hybridized carbons (Fsp3) is 0.476. The molecule has 3 heterocycles. The molecule has 1 aromatic carbocycles. The summed E-state index contributed by atoms with van der Waals surface area (Å²) in [7, 11) is 0. The van der Waals surface area contributed by atoms with Crippen molar-refractivity contribution in [1.29, 1.82) is 5.26 Å². The van der Waals surface area contributed by atoms with Crippen LogP contribution in [0.1, 0.15) is 11.1 Å². The fourth-order valence-electron chi connectivity index (χ4n) is 4.08. The summed E-state index contributed by atoms with van der Waals surface area (Å²) in [5.74, 6) is -0.221. The highest BCUT2D eigenvalue weighted by atomic mass is 19.1. The predicted molar refractivity (Wildman–Crippen MR) is 107 cm³/mol. The van der Waals surface area contributed by atoms with E-state index in [4.69, 9.17) is 4.74 Å². The fourth-order valence-corrected chi connectivity index (χ4v) is 4.08. The van der Waals surface area contributed by atoms with Gasteiger partial charge in [-0.15, -0.1) is 0 Å². The number of nitriles is 1. The average Bonchev–Trinajstić information content (AvgIpc) is 2.73. The molecule has 0 aliphatic carbocycles. The number of aromatic nitrogens is 1. The molecule has 0 saturated carbocycles. The summed E-state index contributed by atoms with van der Waals surface area (Å²) in [4.78, 5) is 23.1. The molecular weight excluding hydrogens is 373 g/mol. The van der Waals surface area contributed by atoms with Gasteiger partial charge in [-0.05, 0) is 24.6 Å². The second-order valence-corrected chi connectivity index (χ2v) is 7.51. The van der Waals surface area contributed by atoms with Gasteiger partial charge < -0.3 is 14.5 Å². The molecule has 2 aliphatic heterocycles. The number of carbonyl (C=O) groups is 1. The third kappa shape index (κ3) is 4.02. The molecule has 2 saturated heterocycles. The first-order chi connectivity index (χ1) is 14.1. The van der Waals surface area contributed by atoms with Crippen LogP contribution in [0.2, 0.25) is 0 Å². The Morgan fingerprint density at radius 3 is 2.62 bits per heavy atom. The molecule has 29 heavy (non-hydrogen) atoms. The zero-order chi connectivity index (χ0) is 20.4. The Kier molecular flexibility index (Phi) is 5.60. The number of rotatable bonds is 3. The van der Waals surface area contributed by atoms with E-state index in [2.05, 4.69) is 20.9 Å². The van der Waals surface area contributed by atoms with Gasteiger partial charge in [-0.3, -0.25) is 14.7 Å². The standard InChI is InChI=1S/C21H24FN5O2/c1-15-10-17(22)11-18-20(15)24-13-16(12-23)21(18)27-4-2-26(3-5-27)19(28)14-25-6-8-29-9-7-25/h10-11,13H,2-9,14H2,1H3. The number of anilines is 1. The number of halogens is 1. The lowest BCUT2D eigenvalue weighted by atomic mass is 10.0. The van der Waals surface area contributed by atoms with Crippen LogP contribution in [-0.4, -0.2) is 79.7 Å². The minimum Gasteiger partial charge on any atom is -0.379 e. The lowest BCUT2D eigenvalue weighted by Gasteiger charge is -2.38. The van der Waals surface area contributed by atoms with E-state index in [-0.39, 0.29) is 11.7 Å². The second kappa shape index (κ2) is 8.31. The van der Waals surface area contributed by atoms with Crippen molar-refractivity contribution in [2.24, 2.45) is 0 Å². The number of hydrogen-bond acceptors (Lipinski definition) is 6. The smallest absolute Gasteiger partial charge is 0.236 e. The summed E-state index contributed by atoms with van der Waals surface area (Å²) in [6, 6.07) is 5.08. The number of aryl methyl sites for hydroxylation is 1. The second-order valence-electron chi connectivity index (χ2n) is 7.51. The highest BCUT2D eigenvalue weighted by Crippen LogP contribution is 2.32. The van der Waals surface area contributed by atoms with E-state index in [9.17, 15) is 14.4 Å². The molecule has 152 valence electrons. The first kappa shape index (κ1) is 19.6. The molecule has 0 unspecified atom stereocenters. The molecule has 2 fully saturated rings. The van der Waals surface area contributed by atoms with Gasteiger partial charge in [0.05, 0.1) is 36.5 Å². The Labute approximate surface area is 169 Å². The van der Waals surface area contributed by atoms with Crippen LogP contribution < -0.4 is 4.90 Å². The van der Waals surface area contributed by atoms with Gasteiger partial charge in [-0.1, -0.05) is 0 Å². The van der Waals surface area contributed by atoms with Crippen LogP contribution in [0.3, 0.4) is 0 Å². The normalized spacial score (nSPS) is 18.1. The lowest BCUT2D eigenvalue weighted by molar-refractivity contribution is -0.133. The number of ether oxygens (including phenoxy) is 1. The van der Waals surface area contributed by atoms with Crippen molar-refractivity contribution in [1.82, 2.24) is 14.8 Å². The van der Waals surface area contributed by atoms with Gasteiger partial charge in [0.15, 0.2) is 0 Å². The average molecular weight is 397 g/mol. The van der Waals surface area contributed by atoms with Crippen LogP contribution in [0.25, 0.3) is 10.9 Å². The molecule has 0 atom stereocenters. The number of hydrogen-bond donors (Lipinski definition) is 0. The number of amides is 1. The summed E-state index contributed by atoms with van der Waals surface area (Å²) in [5, 5.41) is 10.2. The van der Waals surface area contributed by atoms with E-state index >= 15 is 0 Å². The highest BCUT2D eigenvalue weighted by molar-refractivity contribution is 5.96. The summed E-state index contributed by atoms with van der Waals surface area (Å²) in [6.07, 6.45) is 1.55. The Morgan fingerprint density at radius 2 is 1.93 bits per heavy atom. The molecule has 8 heteroatoms. The SMILES string of the molecule is Cc1cc(F)cc2c(N3CCN(C(=O)CN4CCOCC4)CC3)c(C#N)cnc12. The first-order valence-corrected chi connectivity index (χ1v) is 9.88. The van der Waals surface area contributed by atoms with Crippen molar-refractivity contribution >= 4 is 22.5 Å². The predicted octanol–water partition coefficient (Wildman–Crippen LogP) is 1.53. The molecule has 4 rings (SSSR count). The largest absolute Gasteiger partial charge is 0.379 e. The molecule has 1 amide bonds. The van der Waals surface area contributed by atoms with Gasteiger partial charge in [-0.2, -0.15) is 5.26 Å². The Hall–Kier alpha value is -2.76. The summed E-state index contributed by atoms with van der Waals surface area (Å²) in [5.41, 5.74) is 2.58. The van der Waals surface area contributed by atoms with Crippen molar-refractivity contribution in [3.8, 4) is 6.07 Å². The zero-order valence-electron chi connectivity index (χ0n) is 16.5. The number of fused-ring (bicyclic) bond motifs is 1. The molecule has 0 radical (unpaired) electrons. The molecule has 0 bridgehead atoms. The van der Waals surface area contributed by atoms with E-state index in [0.29, 0.717) is 68.1 Å². The lowest BCUT2D eigenvalue weighted by Crippen LogP contribution is -2.52. The third-order valence-corrected chi connectivity index (χ3v) is 5.63. The molecule has 2 aliphatic rings. The summed E-state index contributed by atoms with van der Waals surface area (Å²) in [6.45, 7) is 7.48. The molecule has 1 aromatic heterocycles. The molecular formula is C21H24FN5O2. The maximum absolute atomic E-state index is 14.1. The van der Waals surface area contributed by atoms with E-state index in [1.165, 1.54) is 12.1 Å². The van der Waals surface area contributed by atoms with E-state index in [1.54, 1.807) is 6.20 Å². The van der Waals surface area contributed by atoms with Crippen molar-refractivity contribution in [2.75, 3.05) is 63.9 Å². The number of pyridine rings is 1. The maximum atomic E-state index is 14.1. The Bertz CT molecular complexity index is 960. The first-order valence-electron chi connectivity index (χ1n) is 9.88. The Balaban J connectivity index is 1.52. The molecule has 0 spiro atoms. The highest BCUT2D eigenvalue weighted by Gasteiger charge is 2.26. The molecule has 0 N–H and O–H groups in total. The van der Waals surface area contributed by atoms with E-state index in [0.717, 1.165) is 18.7 Å². The van der Waals surface area contributed by atoms with Crippen LogP contribution in [0, 0.1) is 24.1 Å². The quantitative estimate of drug-likeness (QED) is 0.782. The monoisotopic (exact) mass is 397 g/mol. The van der Waals surface area contributed by atoms with Gasteiger partial charge >= 0.3 is 0 Å². The van der Waals surface area contributed by atoms with Crippen LogP contribution >= 0.6 is 0 Å². The van der Waals surface area contributed by atoms with E-state index < -0.39 is 0 Å². The van der Waals surface area contributed by atoms with Crippen molar-refractivity contribution < 1.29 is 13.9 Å². The van der Waals surface area contributed by atoms with Gasteiger partial charge in [-0.25, -0.2) is 4.39 Å². The van der Waals surface area contributed by atoms with Crippen LogP contribution in [0.15, 0.2) is 18.3 Å². The van der Waals surface area contributed by atoms with Crippen LogP contribution in [0.4, 0.5) is 10.1 Å². The molecule has 2 aromatic rings. The number of morpholine rings is 1. The van der Waals surface area contributed by atoms with Gasteiger partial charge in [0.1, 0.15) is 11.9 Å². The Morgan fingerprint density at radius 1 is 1.21 bits per heavy atom. The van der Waals surface area contributed by atoms with Crippen LogP contribution in [0.5, 0.6) is 0 Å². The van der Waals surface area contributed by atoms with Crippen molar-refractivity contribution in [3.05, 3.63) is 35.3 Å². The van der Waals surface area contributed by atoms with Crippen LogP contribution in [-0.2, 0) is 9.53 Å². The van der Waals surface area contributed by atoms with Gasteiger partial charge in [0.2, 0.25) is 5.91 Å². The maximum Gasteiger partial charge on any atom is 0.236 e. The number of piperazine rings is 1. The number of carbonyl (C=O) groups excluding carboxylic acids is 1. The summed E-state index contributed by atoms with van der Waals surface area (Å²) < 4.78 is 19.4. The van der Waals surface area contributed by atoms with E-state index in [1.807, 2.05) is 11.8 Å². The van der Waals surface area contributed by atoms with Crippen molar-refractivity contribution in [2.45, 2.75) is 6.92 Å². The van der Waals surface area contributed by atoms with Crippen molar-refractivity contribution in [3.63, 3.8) is 0 Å². The minimum absolute atomic E-state index is 0.119. The zero-order valence-corrected chi connectivity index (χ0v) is 16.5. The number of benzene rings is 1. The molecule has 7 nitrogen and oxygen atoms in total. The number of nitrogens with zero attached hydrogens (tertiary/aromatic N) is 5.